The highest BCUT2D eigenvalue weighted by Crippen LogP contribution is 2.32. The topological polar surface area (TPSA) is 76.0 Å². The monoisotopic (exact) mass is 210 g/mol. The fourth-order valence-electron chi connectivity index (χ4n) is 1.38. The van der Waals surface area contributed by atoms with E-state index in [9.17, 15) is 4.79 Å². The van der Waals surface area contributed by atoms with Crippen molar-refractivity contribution >= 4 is 5.97 Å². The summed E-state index contributed by atoms with van der Waals surface area (Å²) in [5.74, 6) is 0.00122. The van der Waals surface area contributed by atoms with Crippen molar-refractivity contribution in [2.75, 3.05) is 6.79 Å². The molecule has 1 aromatic carbocycles. The summed E-state index contributed by atoms with van der Waals surface area (Å²) in [5, 5.41) is 17.7. The number of carboxylic acids is 1. The lowest BCUT2D eigenvalue weighted by atomic mass is 10.1. The Labute approximate surface area is 85.9 Å². The Bertz CT molecular complexity index is 387. The van der Waals surface area contributed by atoms with Gasteiger partial charge in [0.15, 0.2) is 17.6 Å². The van der Waals surface area contributed by atoms with E-state index in [4.69, 9.17) is 19.7 Å². The highest BCUT2D eigenvalue weighted by Gasteiger charge is 2.17. The first-order valence-electron chi connectivity index (χ1n) is 4.46. The zero-order chi connectivity index (χ0) is 10.8. The van der Waals surface area contributed by atoms with Crippen LogP contribution in [0.4, 0.5) is 0 Å². The minimum Gasteiger partial charge on any atom is -0.479 e. The number of hydrogen-bond donors (Lipinski definition) is 2. The van der Waals surface area contributed by atoms with Gasteiger partial charge in [0.05, 0.1) is 0 Å². The Morgan fingerprint density at radius 1 is 1.40 bits per heavy atom. The molecule has 1 atom stereocenters. The highest BCUT2D eigenvalue weighted by atomic mass is 16.7. The number of benzene rings is 1. The highest BCUT2D eigenvalue weighted by molar-refractivity contribution is 5.72. The van der Waals surface area contributed by atoms with Crippen LogP contribution in [0.2, 0.25) is 0 Å². The molecule has 0 unspecified atom stereocenters. The number of aliphatic carboxylic acids is 1. The summed E-state index contributed by atoms with van der Waals surface area (Å²) >= 11 is 0. The summed E-state index contributed by atoms with van der Waals surface area (Å²) < 4.78 is 10.2. The largest absolute Gasteiger partial charge is 0.479 e. The van der Waals surface area contributed by atoms with Crippen molar-refractivity contribution in [2.45, 2.75) is 12.5 Å². The van der Waals surface area contributed by atoms with E-state index in [1.807, 2.05) is 0 Å². The predicted octanol–water partition coefficient (Wildman–Crippen LogP) is 0.403. The van der Waals surface area contributed by atoms with Gasteiger partial charge in [-0.1, -0.05) is 6.07 Å². The number of rotatable bonds is 3. The fraction of sp³-hybridized carbons (Fsp3) is 0.300. The lowest BCUT2D eigenvalue weighted by molar-refractivity contribution is -0.146. The zero-order valence-electron chi connectivity index (χ0n) is 7.84. The van der Waals surface area contributed by atoms with Crippen LogP contribution in [0.25, 0.3) is 0 Å². The van der Waals surface area contributed by atoms with Crippen molar-refractivity contribution in [3.05, 3.63) is 23.8 Å². The Morgan fingerprint density at radius 3 is 2.87 bits per heavy atom. The smallest absolute Gasteiger partial charge is 0.332 e. The number of fused-ring (bicyclic) bond motifs is 1. The fourth-order valence-corrected chi connectivity index (χ4v) is 1.38. The van der Waals surface area contributed by atoms with Gasteiger partial charge in [0.2, 0.25) is 6.79 Å². The van der Waals surface area contributed by atoms with Crippen LogP contribution >= 0.6 is 0 Å². The maximum absolute atomic E-state index is 10.4. The molecule has 1 heterocycles. The number of ether oxygens (including phenoxy) is 2. The Kier molecular flexibility index (Phi) is 2.47. The molecule has 0 amide bonds. The molecule has 0 bridgehead atoms. The van der Waals surface area contributed by atoms with Gasteiger partial charge in [0, 0.05) is 6.42 Å². The number of carbonyl (C=O) groups is 1. The van der Waals surface area contributed by atoms with Crippen LogP contribution < -0.4 is 9.47 Å². The number of hydrogen-bond acceptors (Lipinski definition) is 4. The van der Waals surface area contributed by atoms with Crippen molar-refractivity contribution in [1.29, 1.82) is 0 Å². The Balaban J connectivity index is 2.13. The van der Waals surface area contributed by atoms with Crippen molar-refractivity contribution in [1.82, 2.24) is 0 Å². The van der Waals surface area contributed by atoms with Gasteiger partial charge < -0.3 is 19.7 Å². The van der Waals surface area contributed by atoms with Crippen LogP contribution in [0.3, 0.4) is 0 Å². The average Bonchev–Trinajstić information content (AvgIpc) is 2.64. The molecule has 0 aromatic heterocycles. The summed E-state index contributed by atoms with van der Waals surface area (Å²) in [6.07, 6.45) is -1.32. The second-order valence-corrected chi connectivity index (χ2v) is 3.25. The maximum Gasteiger partial charge on any atom is 0.332 e. The first-order chi connectivity index (χ1) is 7.16. The molecule has 5 nitrogen and oxygen atoms in total. The second kappa shape index (κ2) is 3.78. The summed E-state index contributed by atoms with van der Waals surface area (Å²) in [6, 6.07) is 5.08. The minimum absolute atomic E-state index is 0.0615. The van der Waals surface area contributed by atoms with Gasteiger partial charge in [0.25, 0.3) is 0 Å². The third-order valence-corrected chi connectivity index (χ3v) is 2.15. The molecule has 1 aromatic rings. The van der Waals surface area contributed by atoms with Gasteiger partial charge in [-0.15, -0.1) is 0 Å². The molecule has 0 spiro atoms. The quantitative estimate of drug-likeness (QED) is 0.755. The number of carboxylic acid groups (broad SMARTS) is 1. The van der Waals surface area contributed by atoms with Gasteiger partial charge in [-0.3, -0.25) is 0 Å². The van der Waals surface area contributed by atoms with E-state index in [0.29, 0.717) is 17.1 Å². The van der Waals surface area contributed by atoms with E-state index < -0.39 is 12.1 Å². The van der Waals surface area contributed by atoms with Crippen molar-refractivity contribution in [3.63, 3.8) is 0 Å². The third-order valence-electron chi connectivity index (χ3n) is 2.15. The van der Waals surface area contributed by atoms with Crippen LogP contribution in [0, 0.1) is 0 Å². The molecule has 2 N–H and O–H groups in total. The van der Waals surface area contributed by atoms with E-state index in [1.54, 1.807) is 18.2 Å². The van der Waals surface area contributed by atoms with Gasteiger partial charge in [-0.25, -0.2) is 4.79 Å². The molecular weight excluding hydrogens is 200 g/mol. The van der Waals surface area contributed by atoms with Crippen LogP contribution in [-0.4, -0.2) is 29.1 Å². The average molecular weight is 210 g/mol. The Morgan fingerprint density at radius 2 is 2.13 bits per heavy atom. The third kappa shape index (κ3) is 2.02. The van der Waals surface area contributed by atoms with E-state index in [1.165, 1.54) is 0 Å². The second-order valence-electron chi connectivity index (χ2n) is 3.25. The summed E-state index contributed by atoms with van der Waals surface area (Å²) in [4.78, 5) is 10.4. The van der Waals surface area contributed by atoms with Crippen molar-refractivity contribution in [3.8, 4) is 11.5 Å². The van der Waals surface area contributed by atoms with Crippen LogP contribution in [0.5, 0.6) is 11.5 Å². The van der Waals surface area contributed by atoms with Crippen LogP contribution in [0.15, 0.2) is 18.2 Å². The molecule has 0 fully saturated rings. The number of aliphatic hydroxyl groups is 1. The van der Waals surface area contributed by atoms with Crippen molar-refractivity contribution < 1.29 is 24.5 Å². The van der Waals surface area contributed by atoms with E-state index in [2.05, 4.69) is 0 Å². The lowest BCUT2D eigenvalue weighted by Gasteiger charge is -2.05. The Hall–Kier alpha value is -1.75. The zero-order valence-corrected chi connectivity index (χ0v) is 7.84. The predicted molar refractivity (Wildman–Crippen MR) is 49.9 cm³/mol. The molecule has 5 heteroatoms. The molecule has 0 radical (unpaired) electrons. The molecule has 0 aliphatic carbocycles. The number of aliphatic hydroxyl groups excluding tert-OH is 1. The van der Waals surface area contributed by atoms with Crippen LogP contribution in [-0.2, 0) is 11.2 Å². The van der Waals surface area contributed by atoms with E-state index >= 15 is 0 Å². The van der Waals surface area contributed by atoms with Gasteiger partial charge >= 0.3 is 5.97 Å². The molecule has 2 rings (SSSR count). The van der Waals surface area contributed by atoms with Gasteiger partial charge in [0.1, 0.15) is 0 Å². The SMILES string of the molecule is O=C(O)[C@H](O)Cc1ccc2c(c1)OCO2. The first kappa shape index (κ1) is 9.79. The summed E-state index contributed by atoms with van der Waals surface area (Å²) in [6.45, 7) is 0.181. The van der Waals surface area contributed by atoms with Gasteiger partial charge in [-0.05, 0) is 17.7 Å². The molecular formula is C10H10O5. The molecule has 1 aliphatic rings. The first-order valence-corrected chi connectivity index (χ1v) is 4.46. The lowest BCUT2D eigenvalue weighted by Crippen LogP contribution is -2.21. The normalized spacial score (nSPS) is 15.0. The van der Waals surface area contributed by atoms with Gasteiger partial charge in [-0.2, -0.15) is 0 Å². The maximum atomic E-state index is 10.4. The summed E-state index contributed by atoms with van der Waals surface area (Å²) in [7, 11) is 0. The molecule has 15 heavy (non-hydrogen) atoms. The van der Waals surface area contributed by atoms with E-state index in [0.717, 1.165) is 0 Å². The minimum atomic E-state index is -1.38. The molecule has 0 saturated heterocycles. The van der Waals surface area contributed by atoms with E-state index in [-0.39, 0.29) is 13.2 Å². The van der Waals surface area contributed by atoms with Crippen molar-refractivity contribution in [2.24, 2.45) is 0 Å². The molecule has 1 aliphatic heterocycles. The molecule has 0 saturated carbocycles. The standard InChI is InChI=1S/C10H10O5/c11-7(10(12)13)3-6-1-2-8-9(4-6)15-5-14-8/h1-2,4,7,11H,3,5H2,(H,12,13)/t7-/m1/s1. The summed E-state index contributed by atoms with van der Waals surface area (Å²) in [5.41, 5.74) is 0.703. The molecule has 80 valence electrons. The van der Waals surface area contributed by atoms with Crippen LogP contribution in [0.1, 0.15) is 5.56 Å².